The predicted molar refractivity (Wildman–Crippen MR) is 101 cm³/mol. The first-order valence-corrected chi connectivity index (χ1v) is 9.65. The molecule has 26 heavy (non-hydrogen) atoms. The number of nitrogens with zero attached hydrogens (tertiary/aromatic N) is 3. The Morgan fingerprint density at radius 1 is 1.23 bits per heavy atom. The van der Waals surface area contributed by atoms with Crippen LogP contribution in [0.5, 0.6) is 0 Å². The summed E-state index contributed by atoms with van der Waals surface area (Å²) in [5, 5.41) is 14.8. The zero-order valence-corrected chi connectivity index (χ0v) is 15.8. The van der Waals surface area contributed by atoms with Gasteiger partial charge in [0.1, 0.15) is 0 Å². The van der Waals surface area contributed by atoms with Crippen LogP contribution in [0.4, 0.5) is 0 Å². The number of aryl methyl sites for hydroxylation is 1. The summed E-state index contributed by atoms with van der Waals surface area (Å²) in [7, 11) is 1.99. The largest absolute Gasteiger partial charge is 0.393 e. The Bertz CT molecular complexity index is 735. The number of rotatable bonds is 3. The summed E-state index contributed by atoms with van der Waals surface area (Å²) in [5.41, 5.74) is 3.53. The molecule has 3 heterocycles. The first-order chi connectivity index (χ1) is 12.5. The Morgan fingerprint density at radius 2 is 1.96 bits per heavy atom. The van der Waals surface area contributed by atoms with Crippen molar-refractivity contribution in [1.82, 2.24) is 14.7 Å². The summed E-state index contributed by atoms with van der Waals surface area (Å²) in [4.78, 5) is 2.48. The predicted octanol–water partition coefficient (Wildman–Crippen LogP) is 2.98. The number of likely N-dealkylation sites (tertiary alicyclic amines) is 1. The number of hydrogen-bond acceptors (Lipinski definition) is 4. The molecule has 2 atom stereocenters. The normalized spacial score (nSPS) is 26.3. The molecule has 2 fully saturated rings. The number of piperidine rings is 1. The maximum absolute atomic E-state index is 10.5. The molecule has 0 radical (unpaired) electrons. The second-order valence-corrected chi connectivity index (χ2v) is 7.95. The molecule has 5 heteroatoms. The third-order valence-corrected chi connectivity index (χ3v) is 6.16. The third kappa shape index (κ3) is 3.56. The van der Waals surface area contributed by atoms with E-state index in [9.17, 15) is 5.11 Å². The number of ether oxygens (including phenoxy) is 1. The molecule has 0 bridgehead atoms. The zero-order chi connectivity index (χ0) is 18.1. The second kappa shape index (κ2) is 7.14. The standard InChI is InChI=1S/C21H29N3O2/c1-16-18(14-22-23(16)2)15-24-10-8-21(9-11-24)13-19(25)12-20(26-21)17-6-4-3-5-7-17/h3-7,14,19-20,25H,8-13,15H2,1-2H3/t19-,20-/m1/s1. The van der Waals surface area contributed by atoms with Gasteiger partial charge in [-0.25, -0.2) is 0 Å². The molecule has 1 N–H and O–H groups in total. The summed E-state index contributed by atoms with van der Waals surface area (Å²) in [5.74, 6) is 0. The molecular weight excluding hydrogens is 326 g/mol. The van der Waals surface area contributed by atoms with Crippen molar-refractivity contribution in [3.05, 3.63) is 53.3 Å². The van der Waals surface area contributed by atoms with E-state index in [1.807, 2.05) is 36.1 Å². The molecule has 2 aromatic rings. The quantitative estimate of drug-likeness (QED) is 0.920. The van der Waals surface area contributed by atoms with Crippen LogP contribution < -0.4 is 0 Å². The highest BCUT2D eigenvalue weighted by Gasteiger charge is 2.43. The van der Waals surface area contributed by atoms with E-state index in [0.29, 0.717) is 6.42 Å². The number of aliphatic hydroxyl groups is 1. The van der Waals surface area contributed by atoms with Crippen molar-refractivity contribution in [2.24, 2.45) is 7.05 Å². The summed E-state index contributed by atoms with van der Waals surface area (Å²) >= 11 is 0. The summed E-state index contributed by atoms with van der Waals surface area (Å²) in [6.45, 7) is 5.07. The van der Waals surface area contributed by atoms with Crippen molar-refractivity contribution in [2.75, 3.05) is 13.1 Å². The molecule has 1 aromatic carbocycles. The molecule has 5 nitrogen and oxygen atoms in total. The fourth-order valence-corrected chi connectivity index (χ4v) is 4.41. The average molecular weight is 355 g/mol. The Balaban J connectivity index is 1.41. The summed E-state index contributed by atoms with van der Waals surface area (Å²) < 4.78 is 8.53. The van der Waals surface area contributed by atoms with E-state index in [-0.39, 0.29) is 17.8 Å². The molecule has 2 aliphatic heterocycles. The first kappa shape index (κ1) is 17.7. The summed E-state index contributed by atoms with van der Waals surface area (Å²) in [6.07, 6.45) is 5.12. The highest BCUT2D eigenvalue weighted by atomic mass is 16.5. The van der Waals surface area contributed by atoms with E-state index in [2.05, 4.69) is 29.1 Å². The number of benzene rings is 1. The maximum atomic E-state index is 10.5. The van der Waals surface area contributed by atoms with E-state index in [1.54, 1.807) is 0 Å². The second-order valence-electron chi connectivity index (χ2n) is 7.95. The average Bonchev–Trinajstić information content (AvgIpc) is 2.96. The van der Waals surface area contributed by atoms with E-state index in [1.165, 1.54) is 16.8 Å². The molecule has 0 unspecified atom stereocenters. The van der Waals surface area contributed by atoms with Crippen molar-refractivity contribution in [1.29, 1.82) is 0 Å². The Hall–Kier alpha value is -1.69. The van der Waals surface area contributed by atoms with E-state index in [4.69, 9.17) is 4.74 Å². The lowest BCUT2D eigenvalue weighted by Gasteiger charge is -2.48. The molecule has 1 spiro atoms. The topological polar surface area (TPSA) is 50.5 Å². The van der Waals surface area contributed by atoms with Crippen molar-refractivity contribution in [2.45, 2.75) is 57.0 Å². The van der Waals surface area contributed by atoms with E-state index >= 15 is 0 Å². The van der Waals surface area contributed by atoms with Gasteiger partial charge in [-0.2, -0.15) is 5.10 Å². The van der Waals surface area contributed by atoms with Gasteiger partial charge in [-0.3, -0.25) is 9.58 Å². The molecule has 140 valence electrons. The molecule has 0 aliphatic carbocycles. The van der Waals surface area contributed by atoms with Gasteiger partial charge in [0.15, 0.2) is 0 Å². The van der Waals surface area contributed by atoms with Gasteiger partial charge in [0.05, 0.1) is 24.0 Å². The van der Waals surface area contributed by atoms with E-state index in [0.717, 1.165) is 38.9 Å². The first-order valence-electron chi connectivity index (χ1n) is 9.65. The van der Waals surface area contributed by atoms with Crippen LogP contribution in [-0.4, -0.2) is 44.6 Å². The third-order valence-electron chi connectivity index (χ3n) is 6.16. The van der Waals surface area contributed by atoms with Crippen LogP contribution in [0.1, 0.15) is 48.6 Å². The van der Waals surface area contributed by atoms with Crippen LogP contribution in [-0.2, 0) is 18.3 Å². The minimum atomic E-state index is -0.277. The Labute approximate surface area is 155 Å². The van der Waals surface area contributed by atoms with Crippen LogP contribution in [0, 0.1) is 6.92 Å². The van der Waals surface area contributed by atoms with Gasteiger partial charge in [0.25, 0.3) is 0 Å². The van der Waals surface area contributed by atoms with Gasteiger partial charge >= 0.3 is 0 Å². The minimum Gasteiger partial charge on any atom is -0.393 e. The van der Waals surface area contributed by atoms with Gasteiger partial charge in [0, 0.05) is 50.8 Å². The lowest BCUT2D eigenvalue weighted by atomic mass is 9.81. The molecule has 1 aromatic heterocycles. The number of aromatic nitrogens is 2. The van der Waals surface area contributed by atoms with Crippen molar-refractivity contribution in [3.8, 4) is 0 Å². The van der Waals surface area contributed by atoms with Crippen LogP contribution in [0.25, 0.3) is 0 Å². The molecule has 0 amide bonds. The van der Waals surface area contributed by atoms with Crippen molar-refractivity contribution in [3.63, 3.8) is 0 Å². The van der Waals surface area contributed by atoms with Crippen LogP contribution in [0.2, 0.25) is 0 Å². The zero-order valence-electron chi connectivity index (χ0n) is 15.8. The van der Waals surface area contributed by atoms with Crippen molar-refractivity contribution < 1.29 is 9.84 Å². The van der Waals surface area contributed by atoms with Gasteiger partial charge < -0.3 is 9.84 Å². The highest BCUT2D eigenvalue weighted by molar-refractivity contribution is 5.19. The lowest BCUT2D eigenvalue weighted by molar-refractivity contribution is -0.184. The van der Waals surface area contributed by atoms with Gasteiger partial charge in [0.2, 0.25) is 0 Å². The lowest BCUT2D eigenvalue weighted by Crippen LogP contribution is -2.50. The fraction of sp³-hybridized carbons (Fsp3) is 0.571. The number of hydrogen-bond donors (Lipinski definition) is 1. The SMILES string of the molecule is Cc1c(CN2CCC3(CC2)C[C@H](O)C[C@H](c2ccccc2)O3)cnn1C. The molecule has 2 saturated heterocycles. The monoisotopic (exact) mass is 355 g/mol. The Morgan fingerprint density at radius 3 is 2.62 bits per heavy atom. The Kier molecular flexibility index (Phi) is 4.86. The molecule has 2 aliphatic rings. The molecule has 0 saturated carbocycles. The highest BCUT2D eigenvalue weighted by Crippen LogP contribution is 2.43. The van der Waals surface area contributed by atoms with Gasteiger partial charge in [-0.05, 0) is 25.3 Å². The molecular formula is C21H29N3O2. The van der Waals surface area contributed by atoms with E-state index < -0.39 is 0 Å². The maximum Gasteiger partial charge on any atom is 0.0857 e. The smallest absolute Gasteiger partial charge is 0.0857 e. The van der Waals surface area contributed by atoms with Gasteiger partial charge in [-0.1, -0.05) is 30.3 Å². The van der Waals surface area contributed by atoms with Crippen LogP contribution >= 0.6 is 0 Å². The molecule has 4 rings (SSSR count). The van der Waals surface area contributed by atoms with Crippen molar-refractivity contribution >= 4 is 0 Å². The summed E-state index contributed by atoms with van der Waals surface area (Å²) in [6, 6.07) is 10.3. The minimum absolute atomic E-state index is 0.00654. The van der Waals surface area contributed by atoms with Gasteiger partial charge in [-0.15, -0.1) is 0 Å². The van der Waals surface area contributed by atoms with Crippen LogP contribution in [0.15, 0.2) is 36.5 Å². The fourth-order valence-electron chi connectivity index (χ4n) is 4.41. The van der Waals surface area contributed by atoms with Crippen LogP contribution in [0.3, 0.4) is 0 Å². The number of aliphatic hydroxyl groups excluding tert-OH is 1.